The van der Waals surface area contributed by atoms with E-state index in [0.717, 1.165) is 13.0 Å². The second-order valence-corrected chi connectivity index (χ2v) is 6.30. The van der Waals surface area contributed by atoms with Crippen LogP contribution in [0.5, 0.6) is 0 Å². The predicted molar refractivity (Wildman–Crippen MR) is 87.2 cm³/mol. The van der Waals surface area contributed by atoms with Crippen LogP contribution in [0.4, 0.5) is 0 Å². The summed E-state index contributed by atoms with van der Waals surface area (Å²) >= 11 is 0. The summed E-state index contributed by atoms with van der Waals surface area (Å²) in [5, 5.41) is 12.3. The maximum atomic E-state index is 11.1. The van der Waals surface area contributed by atoms with Gasteiger partial charge < -0.3 is 11.8 Å². The van der Waals surface area contributed by atoms with Crippen LogP contribution >= 0.6 is 0 Å². The molecule has 0 heterocycles. The maximum absolute atomic E-state index is 11.1. The Labute approximate surface area is 155 Å². The molecule has 0 aliphatic carbocycles. The summed E-state index contributed by atoms with van der Waals surface area (Å²) in [5.41, 5.74) is 0. The monoisotopic (exact) mass is 309 g/mol. The summed E-state index contributed by atoms with van der Waals surface area (Å²) in [6.07, 6.45) is 12.4. The first-order chi connectivity index (χ1) is 9.57. The van der Waals surface area contributed by atoms with Crippen molar-refractivity contribution in [3.8, 4) is 0 Å². The molecular weight excluding hydrogens is 273 g/mol. The third kappa shape index (κ3) is 16.6. The smallest absolute Gasteiger partial charge is 1.00 e. The molecule has 0 bridgehead atoms. The second kappa shape index (κ2) is 16.8. The number of rotatable bonds is 14. The molecule has 0 amide bonds. The summed E-state index contributed by atoms with van der Waals surface area (Å²) in [4.78, 5) is 11.1. The fourth-order valence-corrected chi connectivity index (χ4v) is 2.45. The number of carboxylic acids is 1. The van der Waals surface area contributed by atoms with Crippen molar-refractivity contribution < 1.29 is 40.9 Å². The van der Waals surface area contributed by atoms with Crippen molar-refractivity contribution in [1.29, 1.82) is 0 Å². The van der Waals surface area contributed by atoms with Gasteiger partial charge in [0.05, 0.1) is 0 Å². The molecule has 0 aromatic heterocycles. The third-order valence-corrected chi connectivity index (χ3v) is 3.68. The fraction of sp³-hybridized carbons (Fsp3) is 0.941. The normalized spacial score (nSPS) is 12.2. The van der Waals surface area contributed by atoms with Gasteiger partial charge in [-0.1, -0.05) is 72.1 Å². The predicted octanol–water partition coefficient (Wildman–Crippen LogP) is 1.72. The molecule has 0 aliphatic rings. The van der Waals surface area contributed by atoms with Gasteiger partial charge in [0.2, 0.25) is 0 Å². The van der Waals surface area contributed by atoms with E-state index in [1.165, 1.54) is 51.4 Å². The maximum Gasteiger partial charge on any atom is 1.00 e. The molecule has 0 fully saturated rings. The Morgan fingerprint density at radius 3 is 1.90 bits per heavy atom. The molecule has 0 saturated carbocycles. The Balaban J connectivity index is -0.00000180. The molecule has 0 aliphatic heterocycles. The van der Waals surface area contributed by atoms with Gasteiger partial charge in [-0.05, 0) is 25.3 Å². The minimum Gasteiger partial charge on any atom is -1.00 e. The molecule has 0 aromatic carbocycles. The molecule has 122 valence electrons. The number of carboxylic acid groups (broad SMARTS) is 1. The summed E-state index contributed by atoms with van der Waals surface area (Å²) in [5.74, 6) is -0.290. The minimum absolute atomic E-state index is 0. The van der Waals surface area contributed by atoms with Gasteiger partial charge in [-0.2, -0.15) is 0 Å². The summed E-state index contributed by atoms with van der Waals surface area (Å²) in [7, 11) is 0. The van der Waals surface area contributed by atoms with Crippen LogP contribution in [-0.4, -0.2) is 23.7 Å². The van der Waals surface area contributed by atoms with Crippen LogP contribution in [0.3, 0.4) is 0 Å². The third-order valence-electron chi connectivity index (χ3n) is 3.68. The number of hydrogen-bond acceptors (Lipinski definition) is 2. The molecular formula is C17H36NNaO2. The SMILES string of the molecule is CCCCCCCCCCCN[C@H](CC(C)C)C(=O)O.[H-].[Na+]. The average molecular weight is 309 g/mol. The van der Waals surface area contributed by atoms with Gasteiger partial charge in [0, 0.05) is 0 Å². The summed E-state index contributed by atoms with van der Waals surface area (Å²) in [6, 6.07) is -0.371. The van der Waals surface area contributed by atoms with E-state index in [2.05, 4.69) is 26.1 Å². The first-order valence-corrected chi connectivity index (χ1v) is 8.54. The van der Waals surface area contributed by atoms with Gasteiger partial charge in [-0.15, -0.1) is 0 Å². The molecule has 3 nitrogen and oxygen atoms in total. The Morgan fingerprint density at radius 2 is 1.48 bits per heavy atom. The zero-order valence-electron chi connectivity index (χ0n) is 15.8. The van der Waals surface area contributed by atoms with Crippen molar-refractivity contribution in [3.05, 3.63) is 0 Å². The minimum atomic E-state index is -0.713. The number of aliphatic carboxylic acids is 1. The van der Waals surface area contributed by atoms with Gasteiger partial charge in [-0.25, -0.2) is 0 Å². The zero-order chi connectivity index (χ0) is 15.2. The average Bonchev–Trinajstić information content (AvgIpc) is 2.39. The Morgan fingerprint density at radius 1 is 1.00 bits per heavy atom. The van der Waals surface area contributed by atoms with E-state index in [1.54, 1.807) is 0 Å². The molecule has 4 heteroatoms. The van der Waals surface area contributed by atoms with E-state index < -0.39 is 5.97 Å². The zero-order valence-corrected chi connectivity index (χ0v) is 16.8. The molecule has 0 saturated heterocycles. The van der Waals surface area contributed by atoms with Crippen molar-refractivity contribution in [3.63, 3.8) is 0 Å². The van der Waals surface area contributed by atoms with Crippen molar-refractivity contribution in [2.75, 3.05) is 6.54 Å². The van der Waals surface area contributed by atoms with Crippen molar-refractivity contribution in [2.24, 2.45) is 5.92 Å². The first-order valence-electron chi connectivity index (χ1n) is 8.54. The Kier molecular flexibility index (Phi) is 18.9. The van der Waals surface area contributed by atoms with E-state index in [9.17, 15) is 4.79 Å². The van der Waals surface area contributed by atoms with Crippen LogP contribution < -0.4 is 34.9 Å². The molecule has 0 spiro atoms. The number of hydrogen-bond donors (Lipinski definition) is 2. The van der Waals surface area contributed by atoms with Crippen LogP contribution in [0.15, 0.2) is 0 Å². The van der Waals surface area contributed by atoms with Crippen LogP contribution in [0.1, 0.15) is 86.4 Å². The molecule has 21 heavy (non-hydrogen) atoms. The first kappa shape index (κ1) is 23.7. The summed E-state index contributed by atoms with van der Waals surface area (Å²) in [6.45, 7) is 7.21. The molecule has 0 aromatic rings. The van der Waals surface area contributed by atoms with Gasteiger partial charge in [0.15, 0.2) is 0 Å². The van der Waals surface area contributed by atoms with Crippen LogP contribution in [0.2, 0.25) is 0 Å². The van der Waals surface area contributed by atoms with E-state index in [1.807, 2.05) is 0 Å². The van der Waals surface area contributed by atoms with Crippen molar-refractivity contribution in [2.45, 2.75) is 91.0 Å². The van der Waals surface area contributed by atoms with E-state index in [-0.39, 0.29) is 37.0 Å². The van der Waals surface area contributed by atoms with Gasteiger partial charge in [0.1, 0.15) is 6.04 Å². The Bertz CT molecular complexity index is 241. The topological polar surface area (TPSA) is 49.3 Å². The molecule has 2 N–H and O–H groups in total. The van der Waals surface area contributed by atoms with E-state index in [4.69, 9.17) is 5.11 Å². The largest absolute Gasteiger partial charge is 1.00 e. The number of unbranched alkanes of at least 4 members (excludes halogenated alkanes) is 8. The van der Waals surface area contributed by atoms with Gasteiger partial charge in [0.25, 0.3) is 0 Å². The second-order valence-electron chi connectivity index (χ2n) is 6.30. The standard InChI is InChI=1S/C17H35NO2.Na.H/c1-4-5-6-7-8-9-10-11-12-13-18-16(17(19)20)14-15(2)3;;/h15-16,18H,4-14H2,1-3H3,(H,19,20);;/q;+1;-1/t16-;;/m1../s1. The van der Waals surface area contributed by atoms with E-state index >= 15 is 0 Å². The fourth-order valence-electron chi connectivity index (χ4n) is 2.45. The van der Waals surface area contributed by atoms with Crippen molar-refractivity contribution >= 4 is 5.97 Å². The molecule has 0 unspecified atom stereocenters. The van der Waals surface area contributed by atoms with Gasteiger partial charge in [-0.3, -0.25) is 4.79 Å². The molecule has 0 radical (unpaired) electrons. The number of carbonyl (C=O) groups is 1. The van der Waals surface area contributed by atoms with Crippen LogP contribution in [-0.2, 0) is 4.79 Å². The number of nitrogens with one attached hydrogen (secondary N) is 1. The van der Waals surface area contributed by atoms with Gasteiger partial charge >= 0.3 is 35.5 Å². The molecule has 1 atom stereocenters. The summed E-state index contributed by atoms with van der Waals surface area (Å²) < 4.78 is 0. The van der Waals surface area contributed by atoms with Crippen molar-refractivity contribution in [1.82, 2.24) is 5.32 Å². The van der Waals surface area contributed by atoms with Crippen LogP contribution in [0.25, 0.3) is 0 Å². The van der Waals surface area contributed by atoms with Crippen LogP contribution in [0, 0.1) is 5.92 Å². The van der Waals surface area contributed by atoms with E-state index in [0.29, 0.717) is 12.3 Å². The Hall–Kier alpha value is 0.430. The quantitative estimate of drug-likeness (QED) is 0.379. The molecule has 0 rings (SSSR count).